The summed E-state index contributed by atoms with van der Waals surface area (Å²) in [6, 6.07) is 13.7. The first-order valence-corrected chi connectivity index (χ1v) is 10.3. The molecule has 0 bridgehead atoms. The van der Waals surface area contributed by atoms with E-state index in [9.17, 15) is 13.2 Å². The van der Waals surface area contributed by atoms with Crippen LogP contribution in [0.2, 0.25) is 5.02 Å². The van der Waals surface area contributed by atoms with E-state index < -0.39 is 15.7 Å². The average Bonchev–Trinajstić information content (AvgIpc) is 3.03. The fourth-order valence-corrected chi connectivity index (χ4v) is 4.19. The smallest absolute Gasteiger partial charge is 0.257 e. The highest BCUT2D eigenvalue weighted by Gasteiger charge is 2.16. The van der Waals surface area contributed by atoms with E-state index in [4.69, 9.17) is 11.6 Å². The molecule has 128 valence electrons. The molecule has 2 aromatic carbocycles. The number of carbonyl (C=O) groups is 1. The number of halogens is 1. The third kappa shape index (κ3) is 4.07. The first-order valence-electron chi connectivity index (χ1n) is 7.16. The van der Waals surface area contributed by atoms with Gasteiger partial charge in [-0.15, -0.1) is 11.3 Å². The SMILES string of the molecule is CS(=O)(=O)c1cc(C(=O)Nc2nc(-c3ccccc3)cs2)ccc1Cl. The molecule has 0 aliphatic heterocycles. The number of hydrogen-bond donors (Lipinski definition) is 1. The van der Waals surface area contributed by atoms with Crippen LogP contribution in [0, 0.1) is 0 Å². The number of rotatable bonds is 4. The minimum atomic E-state index is -3.52. The quantitative estimate of drug-likeness (QED) is 0.724. The lowest BCUT2D eigenvalue weighted by molar-refractivity contribution is 0.102. The van der Waals surface area contributed by atoms with Gasteiger partial charge in [-0.2, -0.15) is 0 Å². The molecule has 0 radical (unpaired) electrons. The van der Waals surface area contributed by atoms with Crippen LogP contribution in [0.15, 0.2) is 58.8 Å². The van der Waals surface area contributed by atoms with Crippen molar-refractivity contribution in [1.29, 1.82) is 0 Å². The molecule has 0 saturated carbocycles. The zero-order valence-electron chi connectivity index (χ0n) is 13.1. The highest BCUT2D eigenvalue weighted by molar-refractivity contribution is 7.90. The van der Waals surface area contributed by atoms with Crippen molar-refractivity contribution in [3.05, 3.63) is 64.5 Å². The van der Waals surface area contributed by atoms with E-state index in [-0.39, 0.29) is 15.5 Å². The van der Waals surface area contributed by atoms with Gasteiger partial charge >= 0.3 is 0 Å². The molecule has 1 heterocycles. The van der Waals surface area contributed by atoms with Crippen LogP contribution in [0.5, 0.6) is 0 Å². The molecule has 5 nitrogen and oxygen atoms in total. The van der Waals surface area contributed by atoms with E-state index >= 15 is 0 Å². The summed E-state index contributed by atoms with van der Waals surface area (Å²) in [6.45, 7) is 0. The summed E-state index contributed by atoms with van der Waals surface area (Å²) < 4.78 is 23.4. The maximum absolute atomic E-state index is 12.4. The molecule has 0 aliphatic carbocycles. The van der Waals surface area contributed by atoms with Crippen LogP contribution < -0.4 is 5.32 Å². The molecule has 0 saturated heterocycles. The van der Waals surface area contributed by atoms with Crippen molar-refractivity contribution in [2.75, 3.05) is 11.6 Å². The van der Waals surface area contributed by atoms with Gasteiger partial charge in [0.15, 0.2) is 15.0 Å². The van der Waals surface area contributed by atoms with Crippen molar-refractivity contribution in [3.63, 3.8) is 0 Å². The number of sulfone groups is 1. The number of thiazole rings is 1. The molecule has 1 aromatic heterocycles. The lowest BCUT2D eigenvalue weighted by Gasteiger charge is -2.06. The fraction of sp³-hybridized carbons (Fsp3) is 0.0588. The Morgan fingerprint density at radius 3 is 2.56 bits per heavy atom. The van der Waals surface area contributed by atoms with Gasteiger partial charge in [0.1, 0.15) is 0 Å². The Morgan fingerprint density at radius 2 is 1.88 bits per heavy atom. The largest absolute Gasteiger partial charge is 0.298 e. The van der Waals surface area contributed by atoms with Gasteiger partial charge in [-0.25, -0.2) is 13.4 Å². The third-order valence-corrected chi connectivity index (χ3v) is 5.72. The molecule has 8 heteroatoms. The van der Waals surface area contributed by atoms with Crippen LogP contribution in [0.3, 0.4) is 0 Å². The molecular weight excluding hydrogens is 380 g/mol. The average molecular weight is 393 g/mol. The zero-order valence-corrected chi connectivity index (χ0v) is 15.5. The Hall–Kier alpha value is -2.22. The molecular formula is C17H13ClN2O3S2. The van der Waals surface area contributed by atoms with Crippen molar-refractivity contribution < 1.29 is 13.2 Å². The van der Waals surface area contributed by atoms with Gasteiger partial charge in [-0.05, 0) is 18.2 Å². The minimum absolute atomic E-state index is 0.0778. The van der Waals surface area contributed by atoms with Gasteiger partial charge in [0.05, 0.1) is 15.6 Å². The Labute approximate surface area is 154 Å². The van der Waals surface area contributed by atoms with Crippen molar-refractivity contribution in [3.8, 4) is 11.3 Å². The van der Waals surface area contributed by atoms with Gasteiger partial charge in [-0.1, -0.05) is 41.9 Å². The molecule has 0 aliphatic rings. The minimum Gasteiger partial charge on any atom is -0.298 e. The number of nitrogens with zero attached hydrogens (tertiary/aromatic N) is 1. The number of carbonyl (C=O) groups excluding carboxylic acids is 1. The Kier molecular flexibility index (Phi) is 4.89. The van der Waals surface area contributed by atoms with Crippen LogP contribution in [0.25, 0.3) is 11.3 Å². The van der Waals surface area contributed by atoms with E-state index in [1.165, 1.54) is 29.5 Å². The summed E-state index contributed by atoms with van der Waals surface area (Å²) in [5, 5.41) is 5.03. The first-order chi connectivity index (χ1) is 11.8. The number of benzene rings is 2. The van der Waals surface area contributed by atoms with Crippen molar-refractivity contribution >= 4 is 43.8 Å². The summed E-state index contributed by atoms with van der Waals surface area (Å²) in [4.78, 5) is 16.7. The predicted octanol–water partition coefficient (Wildman–Crippen LogP) is 4.12. The molecule has 0 spiro atoms. The summed E-state index contributed by atoms with van der Waals surface area (Å²) in [5.41, 5.74) is 1.90. The van der Waals surface area contributed by atoms with E-state index in [0.717, 1.165) is 17.5 Å². The zero-order chi connectivity index (χ0) is 18.0. The van der Waals surface area contributed by atoms with Crippen LogP contribution in [-0.2, 0) is 9.84 Å². The Bertz CT molecular complexity index is 1030. The summed E-state index contributed by atoms with van der Waals surface area (Å²) in [6.07, 6.45) is 1.04. The number of anilines is 1. The summed E-state index contributed by atoms with van der Waals surface area (Å²) in [7, 11) is -3.52. The predicted molar refractivity (Wildman–Crippen MR) is 100 cm³/mol. The number of aromatic nitrogens is 1. The number of amides is 1. The van der Waals surface area contributed by atoms with Gasteiger partial charge < -0.3 is 0 Å². The monoisotopic (exact) mass is 392 g/mol. The number of nitrogens with one attached hydrogen (secondary N) is 1. The highest BCUT2D eigenvalue weighted by atomic mass is 35.5. The van der Waals surface area contributed by atoms with E-state index in [1.807, 2.05) is 35.7 Å². The van der Waals surface area contributed by atoms with Gasteiger partial charge in [0.25, 0.3) is 5.91 Å². The van der Waals surface area contributed by atoms with E-state index in [0.29, 0.717) is 5.13 Å². The van der Waals surface area contributed by atoms with E-state index in [2.05, 4.69) is 10.3 Å². The maximum atomic E-state index is 12.4. The van der Waals surface area contributed by atoms with Crippen molar-refractivity contribution in [1.82, 2.24) is 4.98 Å². The second-order valence-corrected chi connectivity index (χ2v) is 8.52. The molecule has 3 aromatic rings. The molecule has 3 rings (SSSR count). The van der Waals surface area contributed by atoms with Crippen LogP contribution in [-0.4, -0.2) is 25.6 Å². The molecule has 0 fully saturated rings. The normalized spacial score (nSPS) is 11.3. The second kappa shape index (κ2) is 6.95. The van der Waals surface area contributed by atoms with Gasteiger partial charge in [0, 0.05) is 22.8 Å². The second-order valence-electron chi connectivity index (χ2n) is 5.28. The summed E-state index contributed by atoms with van der Waals surface area (Å²) >= 11 is 7.19. The molecule has 1 amide bonds. The molecule has 0 atom stereocenters. The van der Waals surface area contributed by atoms with Crippen LogP contribution >= 0.6 is 22.9 Å². The standard InChI is InChI=1S/C17H13ClN2O3S2/c1-25(22,23)15-9-12(7-8-13(15)18)16(21)20-17-19-14(10-24-17)11-5-3-2-4-6-11/h2-10H,1H3,(H,19,20,21). The topological polar surface area (TPSA) is 76.1 Å². The molecule has 0 unspecified atom stereocenters. The lowest BCUT2D eigenvalue weighted by atomic mass is 10.2. The first kappa shape index (κ1) is 17.6. The van der Waals surface area contributed by atoms with Crippen LogP contribution in [0.1, 0.15) is 10.4 Å². The lowest BCUT2D eigenvalue weighted by Crippen LogP contribution is -2.12. The van der Waals surface area contributed by atoms with Gasteiger partial charge in [0.2, 0.25) is 0 Å². The Morgan fingerprint density at radius 1 is 1.16 bits per heavy atom. The van der Waals surface area contributed by atoms with E-state index in [1.54, 1.807) is 0 Å². The third-order valence-electron chi connectivity index (χ3n) is 3.39. The fourth-order valence-electron chi connectivity index (χ4n) is 2.17. The van der Waals surface area contributed by atoms with Gasteiger partial charge in [-0.3, -0.25) is 10.1 Å². The number of hydrogen-bond acceptors (Lipinski definition) is 5. The molecule has 25 heavy (non-hydrogen) atoms. The van der Waals surface area contributed by atoms with Crippen molar-refractivity contribution in [2.45, 2.75) is 4.90 Å². The Balaban J connectivity index is 1.83. The summed E-state index contributed by atoms with van der Waals surface area (Å²) in [5.74, 6) is -0.449. The highest BCUT2D eigenvalue weighted by Crippen LogP contribution is 2.26. The van der Waals surface area contributed by atoms with Crippen LogP contribution in [0.4, 0.5) is 5.13 Å². The molecule has 1 N–H and O–H groups in total. The van der Waals surface area contributed by atoms with Crippen molar-refractivity contribution in [2.24, 2.45) is 0 Å². The maximum Gasteiger partial charge on any atom is 0.257 e.